The van der Waals surface area contributed by atoms with Gasteiger partial charge in [-0.25, -0.2) is 4.98 Å². The largest absolute Gasteiger partial charge is 0.362 e. The van der Waals surface area contributed by atoms with Crippen molar-refractivity contribution in [3.05, 3.63) is 84.4 Å². The molecule has 0 radical (unpaired) electrons. The zero-order chi connectivity index (χ0) is 17.5. The number of hydrogen-bond acceptors (Lipinski definition) is 2. The van der Waals surface area contributed by atoms with Gasteiger partial charge in [-0.15, -0.1) is 0 Å². The molecule has 1 heterocycles. The lowest BCUT2D eigenvalue weighted by molar-refractivity contribution is 0.696. The number of aromatic nitrogens is 2. The SMILES string of the molecule is C[C@H](NC(=S)NCCc1ccccc1)c1ccc(-n2ccnc2)cc1. The molecule has 0 bridgehead atoms. The summed E-state index contributed by atoms with van der Waals surface area (Å²) in [6, 6.07) is 18.9. The van der Waals surface area contributed by atoms with Crippen LogP contribution in [0.3, 0.4) is 0 Å². The van der Waals surface area contributed by atoms with Gasteiger partial charge >= 0.3 is 0 Å². The summed E-state index contributed by atoms with van der Waals surface area (Å²) >= 11 is 5.40. The van der Waals surface area contributed by atoms with E-state index in [1.807, 2.05) is 16.8 Å². The first kappa shape index (κ1) is 17.2. The Labute approximate surface area is 153 Å². The summed E-state index contributed by atoms with van der Waals surface area (Å²) < 4.78 is 1.98. The third kappa shape index (κ3) is 4.90. The monoisotopic (exact) mass is 350 g/mol. The van der Waals surface area contributed by atoms with E-state index in [0.29, 0.717) is 5.11 Å². The zero-order valence-corrected chi connectivity index (χ0v) is 15.0. The van der Waals surface area contributed by atoms with Crippen LogP contribution in [0.2, 0.25) is 0 Å². The van der Waals surface area contributed by atoms with Crippen molar-refractivity contribution in [1.29, 1.82) is 0 Å². The molecule has 2 N–H and O–H groups in total. The first-order valence-electron chi connectivity index (χ1n) is 8.39. The van der Waals surface area contributed by atoms with Crippen molar-refractivity contribution in [2.24, 2.45) is 0 Å². The molecule has 0 aliphatic carbocycles. The van der Waals surface area contributed by atoms with E-state index >= 15 is 0 Å². The number of nitrogens with zero attached hydrogens (tertiary/aromatic N) is 2. The molecule has 0 aliphatic rings. The van der Waals surface area contributed by atoms with E-state index in [0.717, 1.165) is 18.7 Å². The van der Waals surface area contributed by atoms with E-state index in [-0.39, 0.29) is 6.04 Å². The molecule has 5 heteroatoms. The molecule has 25 heavy (non-hydrogen) atoms. The van der Waals surface area contributed by atoms with Gasteiger partial charge in [0, 0.05) is 24.6 Å². The minimum absolute atomic E-state index is 0.147. The molecule has 1 atom stereocenters. The molecule has 128 valence electrons. The van der Waals surface area contributed by atoms with Crippen LogP contribution in [0.1, 0.15) is 24.1 Å². The van der Waals surface area contributed by atoms with Crippen LogP contribution in [-0.2, 0) is 6.42 Å². The Hall–Kier alpha value is -2.66. The maximum absolute atomic E-state index is 5.40. The quantitative estimate of drug-likeness (QED) is 0.666. The normalized spacial score (nSPS) is 11.7. The molecule has 0 amide bonds. The third-order valence-electron chi connectivity index (χ3n) is 4.09. The average Bonchev–Trinajstić information content (AvgIpc) is 3.17. The van der Waals surface area contributed by atoms with Gasteiger partial charge in [0.1, 0.15) is 0 Å². The number of rotatable bonds is 6. The van der Waals surface area contributed by atoms with Gasteiger partial charge in [-0.2, -0.15) is 0 Å². The van der Waals surface area contributed by atoms with Crippen LogP contribution in [0.25, 0.3) is 5.69 Å². The summed E-state index contributed by atoms with van der Waals surface area (Å²) in [7, 11) is 0. The van der Waals surface area contributed by atoms with E-state index < -0.39 is 0 Å². The van der Waals surface area contributed by atoms with Gasteiger partial charge in [-0.05, 0) is 48.8 Å². The lowest BCUT2D eigenvalue weighted by Crippen LogP contribution is -2.37. The standard InChI is InChI=1S/C20H22N4S/c1-16(18-7-9-19(10-8-18)24-14-13-21-15-24)23-20(25)22-12-11-17-5-3-2-4-6-17/h2-10,13-16H,11-12H2,1H3,(H2,22,23,25)/t16-/m0/s1. The van der Waals surface area contributed by atoms with Crippen LogP contribution in [0, 0.1) is 0 Å². The molecule has 0 aliphatic heterocycles. The van der Waals surface area contributed by atoms with Crippen LogP contribution in [-0.4, -0.2) is 21.2 Å². The van der Waals surface area contributed by atoms with Crippen molar-refractivity contribution in [1.82, 2.24) is 20.2 Å². The molecular formula is C20H22N4S. The molecule has 0 saturated carbocycles. The Morgan fingerprint density at radius 3 is 2.56 bits per heavy atom. The Morgan fingerprint density at radius 2 is 1.88 bits per heavy atom. The van der Waals surface area contributed by atoms with Crippen LogP contribution in [0.5, 0.6) is 0 Å². The molecule has 1 aromatic heterocycles. The highest BCUT2D eigenvalue weighted by molar-refractivity contribution is 7.80. The van der Waals surface area contributed by atoms with Crippen molar-refractivity contribution in [2.45, 2.75) is 19.4 Å². The molecular weight excluding hydrogens is 328 g/mol. The zero-order valence-electron chi connectivity index (χ0n) is 14.2. The first-order valence-corrected chi connectivity index (χ1v) is 8.80. The van der Waals surface area contributed by atoms with Gasteiger partial charge in [-0.3, -0.25) is 0 Å². The van der Waals surface area contributed by atoms with Crippen molar-refractivity contribution < 1.29 is 0 Å². The molecule has 0 spiro atoms. The van der Waals surface area contributed by atoms with Crippen LogP contribution >= 0.6 is 12.2 Å². The minimum Gasteiger partial charge on any atom is -0.362 e. The number of thiocarbonyl (C=S) groups is 1. The van der Waals surface area contributed by atoms with Gasteiger partial charge in [0.25, 0.3) is 0 Å². The number of nitrogens with one attached hydrogen (secondary N) is 2. The minimum atomic E-state index is 0.147. The molecule has 2 aromatic carbocycles. The second-order valence-corrected chi connectivity index (χ2v) is 6.33. The lowest BCUT2D eigenvalue weighted by atomic mass is 10.1. The fourth-order valence-electron chi connectivity index (χ4n) is 2.64. The van der Waals surface area contributed by atoms with Crippen LogP contribution < -0.4 is 10.6 Å². The van der Waals surface area contributed by atoms with Gasteiger partial charge in [0.2, 0.25) is 0 Å². The van der Waals surface area contributed by atoms with E-state index in [9.17, 15) is 0 Å². The Kier molecular flexibility index (Phi) is 5.80. The van der Waals surface area contributed by atoms with E-state index in [1.165, 1.54) is 11.1 Å². The highest BCUT2D eigenvalue weighted by atomic mass is 32.1. The summed E-state index contributed by atoms with van der Waals surface area (Å²) in [5, 5.41) is 7.29. The van der Waals surface area contributed by atoms with E-state index in [4.69, 9.17) is 12.2 Å². The predicted octanol–water partition coefficient (Wildman–Crippen LogP) is 3.64. The summed E-state index contributed by atoms with van der Waals surface area (Å²) in [5.74, 6) is 0. The topological polar surface area (TPSA) is 41.9 Å². The maximum atomic E-state index is 5.40. The average molecular weight is 350 g/mol. The highest BCUT2D eigenvalue weighted by Crippen LogP contribution is 2.15. The van der Waals surface area contributed by atoms with Gasteiger partial charge < -0.3 is 15.2 Å². The molecule has 0 unspecified atom stereocenters. The summed E-state index contributed by atoms with van der Waals surface area (Å²) in [4.78, 5) is 4.07. The number of hydrogen-bond donors (Lipinski definition) is 2. The molecule has 4 nitrogen and oxygen atoms in total. The highest BCUT2D eigenvalue weighted by Gasteiger charge is 2.07. The fourth-order valence-corrected chi connectivity index (χ4v) is 2.92. The predicted molar refractivity (Wildman–Crippen MR) is 106 cm³/mol. The fraction of sp³-hybridized carbons (Fsp3) is 0.200. The van der Waals surface area contributed by atoms with Gasteiger partial charge in [-0.1, -0.05) is 42.5 Å². The van der Waals surface area contributed by atoms with Crippen molar-refractivity contribution in [3.8, 4) is 5.69 Å². The van der Waals surface area contributed by atoms with Crippen molar-refractivity contribution >= 4 is 17.3 Å². The molecule has 3 aromatic rings. The van der Waals surface area contributed by atoms with Crippen molar-refractivity contribution in [2.75, 3.05) is 6.54 Å². The number of imidazole rings is 1. The number of benzene rings is 2. The smallest absolute Gasteiger partial charge is 0.166 e. The molecule has 3 rings (SSSR count). The van der Waals surface area contributed by atoms with E-state index in [2.05, 4.69) is 71.1 Å². The summed E-state index contributed by atoms with van der Waals surface area (Å²) in [5.41, 5.74) is 3.59. The molecule has 0 saturated heterocycles. The second kappa shape index (κ2) is 8.44. The molecule has 0 fully saturated rings. The Bertz CT molecular complexity index is 782. The Balaban J connectivity index is 1.48. The summed E-state index contributed by atoms with van der Waals surface area (Å²) in [6.07, 6.45) is 6.46. The van der Waals surface area contributed by atoms with Crippen LogP contribution in [0.4, 0.5) is 0 Å². The van der Waals surface area contributed by atoms with Gasteiger partial charge in [0.05, 0.1) is 12.4 Å². The second-order valence-electron chi connectivity index (χ2n) is 5.92. The van der Waals surface area contributed by atoms with Gasteiger partial charge in [0.15, 0.2) is 5.11 Å². The lowest BCUT2D eigenvalue weighted by Gasteiger charge is -2.18. The Morgan fingerprint density at radius 1 is 1.12 bits per heavy atom. The van der Waals surface area contributed by atoms with Crippen LogP contribution in [0.15, 0.2) is 73.3 Å². The van der Waals surface area contributed by atoms with E-state index in [1.54, 1.807) is 12.5 Å². The third-order valence-corrected chi connectivity index (χ3v) is 4.35. The maximum Gasteiger partial charge on any atom is 0.166 e. The van der Waals surface area contributed by atoms with Crippen molar-refractivity contribution in [3.63, 3.8) is 0 Å². The first-order chi connectivity index (χ1) is 12.2. The summed E-state index contributed by atoms with van der Waals surface area (Å²) in [6.45, 7) is 2.93.